The molecule has 0 N–H and O–H groups in total. The van der Waals surface area contributed by atoms with Crippen molar-refractivity contribution in [2.45, 2.75) is 30.4 Å². The topological polar surface area (TPSA) is 61.2 Å². The van der Waals surface area contributed by atoms with E-state index in [1.54, 1.807) is 24.7 Å². The van der Waals surface area contributed by atoms with Gasteiger partial charge in [0.2, 0.25) is 0 Å². The van der Waals surface area contributed by atoms with E-state index in [0.717, 1.165) is 18.5 Å². The second-order valence-electron chi connectivity index (χ2n) is 4.84. The van der Waals surface area contributed by atoms with Gasteiger partial charge in [0.15, 0.2) is 0 Å². The van der Waals surface area contributed by atoms with Gasteiger partial charge in [-0.25, -0.2) is 13.4 Å². The second-order valence-corrected chi connectivity index (χ2v) is 8.29. The van der Waals surface area contributed by atoms with Crippen molar-refractivity contribution in [3.8, 4) is 5.75 Å². The van der Waals surface area contributed by atoms with Crippen molar-refractivity contribution in [3.05, 3.63) is 40.9 Å². The molecule has 1 aliphatic carbocycles. The summed E-state index contributed by atoms with van der Waals surface area (Å²) in [6.45, 7) is 0.248. The lowest BCUT2D eigenvalue weighted by molar-refractivity contribution is 0.287. The largest absolute Gasteiger partial charge is 0.486 e. The first kappa shape index (κ1) is 14.9. The molecule has 3 rings (SSSR count). The third-order valence-electron chi connectivity index (χ3n) is 3.23. The van der Waals surface area contributed by atoms with Gasteiger partial charge in [-0.2, -0.15) is 0 Å². The average Bonchev–Trinajstić information content (AvgIpc) is 3.15. The zero-order valence-corrected chi connectivity index (χ0v) is 14.0. The normalized spacial score (nSPS) is 15.1. The van der Waals surface area contributed by atoms with Crippen LogP contribution in [0.4, 0.5) is 0 Å². The van der Waals surface area contributed by atoms with E-state index in [2.05, 4.69) is 25.5 Å². The highest BCUT2D eigenvalue weighted by Gasteiger charge is 2.25. The molecule has 0 radical (unpaired) electrons. The number of aromatic nitrogens is 2. The summed E-state index contributed by atoms with van der Waals surface area (Å²) in [6, 6.07) is 5.21. The zero-order valence-electron chi connectivity index (χ0n) is 10.9. The van der Waals surface area contributed by atoms with Crippen LogP contribution in [0.3, 0.4) is 0 Å². The van der Waals surface area contributed by atoms with Gasteiger partial charge in [-0.15, -0.1) is 0 Å². The van der Waals surface area contributed by atoms with Crippen LogP contribution in [0.2, 0.25) is 0 Å². The first-order valence-electron chi connectivity index (χ1n) is 6.33. The van der Waals surface area contributed by atoms with Gasteiger partial charge in [-0.3, -0.25) is 0 Å². The Labute approximate surface area is 135 Å². The van der Waals surface area contributed by atoms with E-state index in [1.165, 1.54) is 6.07 Å². The number of hydrogen-bond acceptors (Lipinski definition) is 4. The lowest BCUT2D eigenvalue weighted by Crippen LogP contribution is -2.05. The fraction of sp³-hybridized carbons (Fsp3) is 0.308. The summed E-state index contributed by atoms with van der Waals surface area (Å²) in [5.41, 5.74) is 0.915. The van der Waals surface area contributed by atoms with E-state index >= 15 is 0 Å². The molecule has 1 aromatic carbocycles. The fourth-order valence-electron chi connectivity index (χ4n) is 2.07. The van der Waals surface area contributed by atoms with Crippen molar-refractivity contribution in [3.63, 3.8) is 0 Å². The Morgan fingerprint density at radius 3 is 2.86 bits per heavy atom. The summed E-state index contributed by atoms with van der Waals surface area (Å²) >= 11 is 3.22. The maximum atomic E-state index is 11.6. The van der Waals surface area contributed by atoms with Crippen LogP contribution in [-0.4, -0.2) is 18.0 Å². The summed E-state index contributed by atoms with van der Waals surface area (Å²) in [7, 11) is 1.58. The monoisotopic (exact) mass is 390 g/mol. The van der Waals surface area contributed by atoms with Gasteiger partial charge in [0.05, 0.1) is 18.2 Å². The third kappa shape index (κ3) is 3.41. The minimum absolute atomic E-state index is 0.0453. The number of benzene rings is 1. The van der Waals surface area contributed by atoms with Crippen LogP contribution in [0.5, 0.6) is 5.75 Å². The molecule has 0 unspecified atom stereocenters. The van der Waals surface area contributed by atoms with E-state index in [1.807, 2.05) is 0 Å². The highest BCUT2D eigenvalue weighted by atomic mass is 79.9. The Balaban J connectivity index is 1.83. The molecule has 0 aliphatic heterocycles. The Bertz CT molecular complexity index is 771. The van der Waals surface area contributed by atoms with E-state index in [4.69, 9.17) is 15.4 Å². The summed E-state index contributed by atoms with van der Waals surface area (Å²) in [5, 5.41) is 0. The molecule has 112 valence electrons. The van der Waals surface area contributed by atoms with Crippen LogP contribution in [0.1, 0.15) is 24.6 Å². The molecule has 0 spiro atoms. The first-order valence-corrected chi connectivity index (χ1v) is 9.43. The lowest BCUT2D eigenvalue weighted by atomic mass is 10.3. The highest BCUT2D eigenvalue weighted by molar-refractivity contribution is 9.10. The molecule has 0 amide bonds. The van der Waals surface area contributed by atoms with E-state index in [9.17, 15) is 8.42 Å². The molecule has 1 aliphatic rings. The molecule has 8 heteroatoms. The summed E-state index contributed by atoms with van der Waals surface area (Å²) < 4.78 is 31.5. The predicted octanol–water partition coefficient (Wildman–Crippen LogP) is 3.49. The van der Waals surface area contributed by atoms with Crippen molar-refractivity contribution in [2.75, 3.05) is 0 Å². The van der Waals surface area contributed by atoms with Crippen LogP contribution >= 0.6 is 26.6 Å². The summed E-state index contributed by atoms with van der Waals surface area (Å²) in [6.07, 6.45) is 5.79. The minimum Gasteiger partial charge on any atom is -0.486 e. The van der Waals surface area contributed by atoms with Crippen molar-refractivity contribution in [1.82, 2.24) is 9.55 Å². The summed E-state index contributed by atoms with van der Waals surface area (Å²) in [5.74, 6) is 0.233. The second kappa shape index (κ2) is 5.62. The Hall–Kier alpha value is -1.05. The van der Waals surface area contributed by atoms with Gasteiger partial charge in [0.1, 0.15) is 17.3 Å². The zero-order chi connectivity index (χ0) is 15.0. The van der Waals surface area contributed by atoms with Crippen LogP contribution in [0.25, 0.3) is 0 Å². The molecule has 5 nitrogen and oxygen atoms in total. The van der Waals surface area contributed by atoms with Gasteiger partial charge < -0.3 is 9.30 Å². The van der Waals surface area contributed by atoms with Crippen LogP contribution in [0, 0.1) is 0 Å². The molecule has 0 saturated heterocycles. The predicted molar refractivity (Wildman–Crippen MR) is 82.0 cm³/mol. The Kier molecular flexibility index (Phi) is 3.98. The maximum absolute atomic E-state index is 11.6. The van der Waals surface area contributed by atoms with E-state index in [0.29, 0.717) is 10.5 Å². The maximum Gasteiger partial charge on any atom is 0.265 e. The van der Waals surface area contributed by atoms with Gasteiger partial charge in [0, 0.05) is 21.2 Å². The van der Waals surface area contributed by atoms with Gasteiger partial charge >= 0.3 is 0 Å². The fourth-order valence-corrected chi connectivity index (χ4v) is 3.58. The molecule has 2 aromatic rings. The van der Waals surface area contributed by atoms with Crippen LogP contribution in [-0.2, 0) is 15.7 Å². The van der Waals surface area contributed by atoms with E-state index in [-0.39, 0.29) is 17.3 Å². The molecule has 1 aromatic heterocycles. The molecule has 21 heavy (non-hydrogen) atoms. The quantitative estimate of drug-likeness (QED) is 0.732. The molecular weight excluding hydrogens is 380 g/mol. The minimum atomic E-state index is -3.87. The SMILES string of the molecule is O=S(=O)(Cl)c1cc(Br)ccc1OCc1cncn1C1CC1. The van der Waals surface area contributed by atoms with Crippen LogP contribution < -0.4 is 4.74 Å². The smallest absolute Gasteiger partial charge is 0.265 e. The van der Waals surface area contributed by atoms with Gasteiger partial charge in [-0.05, 0) is 31.0 Å². The third-order valence-corrected chi connectivity index (χ3v) is 5.07. The molecule has 0 bridgehead atoms. The molecule has 1 heterocycles. The van der Waals surface area contributed by atoms with Crippen LogP contribution in [0.15, 0.2) is 40.1 Å². The Morgan fingerprint density at radius 1 is 1.43 bits per heavy atom. The van der Waals surface area contributed by atoms with Crippen molar-refractivity contribution < 1.29 is 13.2 Å². The number of nitrogens with zero attached hydrogens (tertiary/aromatic N) is 2. The van der Waals surface area contributed by atoms with Crippen molar-refractivity contribution in [1.29, 1.82) is 0 Å². The molecule has 1 fully saturated rings. The number of halogens is 2. The number of ether oxygens (including phenoxy) is 1. The van der Waals surface area contributed by atoms with Crippen molar-refractivity contribution >= 4 is 35.7 Å². The van der Waals surface area contributed by atoms with E-state index < -0.39 is 9.05 Å². The van der Waals surface area contributed by atoms with Gasteiger partial charge in [0.25, 0.3) is 9.05 Å². The molecule has 0 atom stereocenters. The Morgan fingerprint density at radius 2 is 2.19 bits per heavy atom. The number of hydrogen-bond donors (Lipinski definition) is 0. The summed E-state index contributed by atoms with van der Waals surface area (Å²) in [4.78, 5) is 4.07. The average molecular weight is 392 g/mol. The molecular formula is C13H12BrClN2O3S. The lowest BCUT2D eigenvalue weighted by Gasteiger charge is -2.11. The highest BCUT2D eigenvalue weighted by Crippen LogP contribution is 2.36. The molecule has 1 saturated carbocycles. The van der Waals surface area contributed by atoms with Gasteiger partial charge in [-0.1, -0.05) is 15.9 Å². The van der Waals surface area contributed by atoms with Crippen molar-refractivity contribution in [2.24, 2.45) is 0 Å². The number of rotatable bonds is 5. The first-order chi connectivity index (χ1) is 9.95. The standard InChI is InChI=1S/C13H12BrClN2O3S/c14-9-1-4-12(13(5-9)21(15,18)19)20-7-11-6-16-8-17(11)10-2-3-10/h1,4-6,8,10H,2-3,7H2. The number of imidazole rings is 1.